The molecule has 0 amide bonds. The maximum absolute atomic E-state index is 12.9. The van der Waals surface area contributed by atoms with E-state index in [1.54, 1.807) is 13.0 Å². The van der Waals surface area contributed by atoms with Gasteiger partial charge in [-0.05, 0) is 25.1 Å². The number of nitrogens with zero attached hydrogens (tertiary/aromatic N) is 2. The minimum atomic E-state index is -0.768. The van der Waals surface area contributed by atoms with Crippen LogP contribution in [0.4, 0.5) is 4.39 Å². The summed E-state index contributed by atoms with van der Waals surface area (Å²) in [6, 6.07) is 6.29. The van der Waals surface area contributed by atoms with Crippen LogP contribution in [0, 0.1) is 5.82 Å². The Bertz CT molecular complexity index is 502. The van der Waals surface area contributed by atoms with Gasteiger partial charge in [-0.3, -0.25) is 0 Å². The molecule has 1 aromatic heterocycles. The Morgan fingerprint density at radius 1 is 1.53 bits per heavy atom. The van der Waals surface area contributed by atoms with Gasteiger partial charge >= 0.3 is 0 Å². The summed E-state index contributed by atoms with van der Waals surface area (Å²) >= 11 is 1.41. The number of thioether (sulfide) groups is 1. The molecule has 0 spiro atoms. The number of hydrogen-bond acceptors (Lipinski definition) is 5. The first-order valence-electron chi connectivity index (χ1n) is 5.04. The lowest BCUT2D eigenvalue weighted by Gasteiger charge is -1.97. The van der Waals surface area contributed by atoms with Crippen LogP contribution in [0.15, 0.2) is 33.7 Å². The van der Waals surface area contributed by atoms with Gasteiger partial charge in [-0.2, -0.15) is 4.98 Å². The standard InChI is InChI=1S/C11H11FN2O2S/c1-7(15)11-13-10(14-16-11)6-17-9-4-2-3-8(12)5-9/h2-5,7,15H,6H2,1H3/t7-/m0/s1. The lowest BCUT2D eigenvalue weighted by molar-refractivity contribution is 0.151. The fourth-order valence-corrected chi connectivity index (χ4v) is 1.98. The van der Waals surface area contributed by atoms with Gasteiger partial charge < -0.3 is 9.63 Å². The van der Waals surface area contributed by atoms with Gasteiger partial charge in [-0.15, -0.1) is 11.8 Å². The van der Waals surface area contributed by atoms with E-state index >= 15 is 0 Å². The molecular formula is C11H11FN2O2S. The molecule has 2 rings (SSSR count). The molecule has 0 aliphatic carbocycles. The number of halogens is 1. The van der Waals surface area contributed by atoms with Crippen molar-refractivity contribution in [2.75, 3.05) is 0 Å². The molecule has 1 atom stereocenters. The van der Waals surface area contributed by atoms with Gasteiger partial charge in [-0.25, -0.2) is 4.39 Å². The SMILES string of the molecule is C[C@H](O)c1nc(CSc2cccc(F)c2)no1. The minimum absolute atomic E-state index is 0.194. The number of rotatable bonds is 4. The molecular weight excluding hydrogens is 243 g/mol. The molecule has 4 nitrogen and oxygen atoms in total. The van der Waals surface area contributed by atoms with Crippen LogP contribution in [0.3, 0.4) is 0 Å². The molecule has 0 fully saturated rings. The van der Waals surface area contributed by atoms with Crippen molar-refractivity contribution < 1.29 is 14.0 Å². The predicted molar refractivity (Wildman–Crippen MR) is 60.9 cm³/mol. The van der Waals surface area contributed by atoms with Gasteiger partial charge in [0.2, 0.25) is 0 Å². The van der Waals surface area contributed by atoms with Crippen molar-refractivity contribution >= 4 is 11.8 Å². The maximum atomic E-state index is 12.9. The molecule has 0 saturated carbocycles. The first kappa shape index (κ1) is 12.1. The molecule has 0 unspecified atom stereocenters. The average Bonchev–Trinajstić information content (AvgIpc) is 2.75. The zero-order chi connectivity index (χ0) is 12.3. The smallest absolute Gasteiger partial charge is 0.255 e. The Balaban J connectivity index is 1.97. The van der Waals surface area contributed by atoms with Crippen molar-refractivity contribution in [3.8, 4) is 0 Å². The Labute approximate surface area is 102 Å². The van der Waals surface area contributed by atoms with E-state index in [-0.39, 0.29) is 11.7 Å². The summed E-state index contributed by atoms with van der Waals surface area (Å²) in [6.45, 7) is 1.55. The molecule has 1 aromatic carbocycles. The monoisotopic (exact) mass is 254 g/mol. The van der Waals surface area contributed by atoms with Crippen LogP contribution < -0.4 is 0 Å². The highest BCUT2D eigenvalue weighted by atomic mass is 32.2. The van der Waals surface area contributed by atoms with Crippen molar-refractivity contribution in [3.05, 3.63) is 41.8 Å². The van der Waals surface area contributed by atoms with Crippen LogP contribution in [-0.4, -0.2) is 15.2 Å². The van der Waals surface area contributed by atoms with Crippen LogP contribution in [0.25, 0.3) is 0 Å². The highest BCUT2D eigenvalue weighted by Gasteiger charge is 2.11. The molecule has 1 N–H and O–H groups in total. The number of aliphatic hydroxyl groups excluding tert-OH is 1. The lowest BCUT2D eigenvalue weighted by atomic mass is 10.4. The Kier molecular flexibility index (Phi) is 3.75. The van der Waals surface area contributed by atoms with E-state index in [1.807, 2.05) is 6.07 Å². The number of hydrogen-bond donors (Lipinski definition) is 1. The topological polar surface area (TPSA) is 59.2 Å². The Morgan fingerprint density at radius 2 is 2.35 bits per heavy atom. The Morgan fingerprint density at radius 3 is 3.00 bits per heavy atom. The second-order valence-corrected chi connectivity index (χ2v) is 4.52. The van der Waals surface area contributed by atoms with Crippen molar-refractivity contribution in [2.24, 2.45) is 0 Å². The third-order valence-electron chi connectivity index (χ3n) is 2.01. The summed E-state index contributed by atoms with van der Waals surface area (Å²) in [5.41, 5.74) is 0. The first-order valence-corrected chi connectivity index (χ1v) is 6.02. The van der Waals surface area contributed by atoms with Crippen LogP contribution in [0.5, 0.6) is 0 Å². The van der Waals surface area contributed by atoms with E-state index in [9.17, 15) is 9.50 Å². The quantitative estimate of drug-likeness (QED) is 0.850. The lowest BCUT2D eigenvalue weighted by Crippen LogP contribution is -1.91. The molecule has 0 aliphatic rings. The zero-order valence-electron chi connectivity index (χ0n) is 9.13. The van der Waals surface area contributed by atoms with Crippen molar-refractivity contribution in [2.45, 2.75) is 23.7 Å². The van der Waals surface area contributed by atoms with Crippen molar-refractivity contribution in [3.63, 3.8) is 0 Å². The summed E-state index contributed by atoms with van der Waals surface area (Å²) in [5.74, 6) is 0.877. The van der Waals surface area contributed by atoms with Crippen LogP contribution in [-0.2, 0) is 5.75 Å². The summed E-state index contributed by atoms with van der Waals surface area (Å²) < 4.78 is 17.7. The number of aliphatic hydroxyl groups is 1. The summed E-state index contributed by atoms with van der Waals surface area (Å²) in [7, 11) is 0. The van der Waals surface area contributed by atoms with Crippen molar-refractivity contribution in [1.82, 2.24) is 10.1 Å². The van der Waals surface area contributed by atoms with E-state index in [2.05, 4.69) is 10.1 Å². The van der Waals surface area contributed by atoms with E-state index < -0.39 is 6.10 Å². The molecule has 6 heteroatoms. The molecule has 2 aromatic rings. The minimum Gasteiger partial charge on any atom is -0.384 e. The van der Waals surface area contributed by atoms with Crippen LogP contribution >= 0.6 is 11.8 Å². The zero-order valence-corrected chi connectivity index (χ0v) is 9.95. The maximum Gasteiger partial charge on any atom is 0.255 e. The summed E-state index contributed by atoms with van der Waals surface area (Å²) in [4.78, 5) is 4.80. The van der Waals surface area contributed by atoms with Gasteiger partial charge in [0.05, 0.1) is 5.75 Å². The largest absolute Gasteiger partial charge is 0.384 e. The normalized spacial score (nSPS) is 12.6. The molecule has 90 valence electrons. The fraction of sp³-hybridized carbons (Fsp3) is 0.273. The van der Waals surface area contributed by atoms with E-state index in [0.717, 1.165) is 4.90 Å². The highest BCUT2D eigenvalue weighted by molar-refractivity contribution is 7.98. The molecule has 0 saturated heterocycles. The van der Waals surface area contributed by atoms with Gasteiger partial charge in [-0.1, -0.05) is 11.2 Å². The Hall–Kier alpha value is -1.40. The van der Waals surface area contributed by atoms with Gasteiger partial charge in [0.1, 0.15) is 11.9 Å². The predicted octanol–water partition coefficient (Wildman–Crippen LogP) is 2.55. The second kappa shape index (κ2) is 5.29. The van der Waals surface area contributed by atoms with E-state index in [1.165, 1.54) is 23.9 Å². The van der Waals surface area contributed by atoms with Gasteiger partial charge in [0, 0.05) is 4.90 Å². The van der Waals surface area contributed by atoms with E-state index in [0.29, 0.717) is 11.6 Å². The van der Waals surface area contributed by atoms with E-state index in [4.69, 9.17) is 4.52 Å². The van der Waals surface area contributed by atoms with Gasteiger partial charge in [0.15, 0.2) is 5.82 Å². The highest BCUT2D eigenvalue weighted by Crippen LogP contribution is 2.22. The van der Waals surface area contributed by atoms with Crippen molar-refractivity contribution in [1.29, 1.82) is 0 Å². The molecule has 0 radical (unpaired) electrons. The van der Waals surface area contributed by atoms with Crippen LogP contribution in [0.2, 0.25) is 0 Å². The van der Waals surface area contributed by atoms with Crippen LogP contribution in [0.1, 0.15) is 24.7 Å². The third kappa shape index (κ3) is 3.28. The average molecular weight is 254 g/mol. The van der Waals surface area contributed by atoms with Gasteiger partial charge in [0.25, 0.3) is 5.89 Å². The number of benzene rings is 1. The molecule has 0 aliphatic heterocycles. The second-order valence-electron chi connectivity index (χ2n) is 3.47. The number of aromatic nitrogens is 2. The molecule has 0 bridgehead atoms. The molecule has 1 heterocycles. The molecule has 17 heavy (non-hydrogen) atoms. The summed E-state index contributed by atoms with van der Waals surface area (Å²) in [5, 5.41) is 12.9. The first-order chi connectivity index (χ1) is 8.15. The third-order valence-corrected chi connectivity index (χ3v) is 3.00. The summed E-state index contributed by atoms with van der Waals surface area (Å²) in [6.07, 6.45) is -0.768. The fourth-order valence-electron chi connectivity index (χ4n) is 1.20.